The monoisotopic (exact) mass is 512 g/mol. The molecule has 2 fully saturated rings. The molecule has 0 amide bonds. The van der Waals surface area contributed by atoms with E-state index in [1.165, 1.54) is 32.1 Å². The summed E-state index contributed by atoms with van der Waals surface area (Å²) < 4.78 is 30.1. The minimum Gasteiger partial charge on any atom is -0.478 e. The first-order valence-electron chi connectivity index (χ1n) is 10.8. The van der Waals surface area contributed by atoms with Gasteiger partial charge in [-0.25, -0.2) is 22.7 Å². The van der Waals surface area contributed by atoms with Gasteiger partial charge in [-0.1, -0.05) is 44.0 Å². The average Bonchev–Trinajstić information content (AvgIpc) is 3.74. The normalized spacial score (nSPS) is 14.3. The van der Waals surface area contributed by atoms with Gasteiger partial charge in [-0.2, -0.15) is 0 Å². The number of halogens is 1. The molecule has 0 radical (unpaired) electrons. The Morgan fingerprint density at radius 3 is 1.82 bits per heavy atom. The van der Waals surface area contributed by atoms with Crippen molar-refractivity contribution in [3.63, 3.8) is 0 Å². The van der Waals surface area contributed by atoms with E-state index in [1.807, 2.05) is 12.1 Å². The third-order valence-electron chi connectivity index (χ3n) is 5.12. The van der Waals surface area contributed by atoms with Gasteiger partial charge in [0.15, 0.2) is 0 Å². The SMILES string of the molecule is CC1CC1.COC(=O)c1ccc(CN)cc1.Cl.O=C(O)c1ccc(CNS(=O)(=O)C2CC2)cc1. The van der Waals surface area contributed by atoms with Gasteiger partial charge in [-0.15, -0.1) is 12.4 Å². The number of rotatable bonds is 7. The maximum Gasteiger partial charge on any atom is 0.337 e. The number of methoxy groups -OCH3 is 1. The van der Waals surface area contributed by atoms with Crippen LogP contribution in [0.15, 0.2) is 48.5 Å². The molecule has 0 saturated heterocycles. The summed E-state index contributed by atoms with van der Waals surface area (Å²) in [7, 11) is -1.82. The second-order valence-corrected chi connectivity index (χ2v) is 10.2. The molecule has 0 heterocycles. The molecule has 0 aromatic heterocycles. The van der Waals surface area contributed by atoms with Gasteiger partial charge in [0.25, 0.3) is 0 Å². The third-order valence-corrected chi connectivity index (χ3v) is 7.01. The van der Waals surface area contributed by atoms with Crippen molar-refractivity contribution in [2.45, 2.75) is 50.9 Å². The van der Waals surface area contributed by atoms with Crippen LogP contribution in [0.3, 0.4) is 0 Å². The number of carboxylic acids is 1. The van der Waals surface area contributed by atoms with Crippen molar-refractivity contribution in [2.24, 2.45) is 11.7 Å². The third kappa shape index (κ3) is 10.6. The maximum absolute atomic E-state index is 11.5. The molecule has 4 N–H and O–H groups in total. The standard InChI is InChI=1S/C11H13NO4S.C9H11NO2.C4H8.ClH/c13-11(14)9-3-1-8(2-4-9)7-12-17(15,16)10-5-6-10;1-12-9(11)8-4-2-7(6-10)3-5-8;1-4-2-3-4;/h1-4,10,12H,5-7H2,(H,13,14);2-5H,6,10H2,1H3;4H,2-3H2,1H3;1H. The van der Waals surface area contributed by atoms with Crippen molar-refractivity contribution >= 4 is 34.4 Å². The number of carboxylic acid groups (broad SMARTS) is 1. The largest absolute Gasteiger partial charge is 0.478 e. The zero-order valence-corrected chi connectivity index (χ0v) is 21.0. The van der Waals surface area contributed by atoms with Gasteiger partial charge in [0, 0.05) is 13.1 Å². The van der Waals surface area contributed by atoms with E-state index in [0.29, 0.717) is 12.1 Å². The van der Waals surface area contributed by atoms with E-state index in [4.69, 9.17) is 10.8 Å². The molecule has 34 heavy (non-hydrogen) atoms. The Kier molecular flexibility index (Phi) is 12.2. The van der Waals surface area contributed by atoms with Crippen LogP contribution in [0, 0.1) is 5.92 Å². The number of carbonyl (C=O) groups is 2. The molecule has 0 bridgehead atoms. The lowest BCUT2D eigenvalue weighted by Gasteiger charge is -2.05. The molecule has 0 spiro atoms. The molecule has 4 rings (SSSR count). The van der Waals surface area contributed by atoms with Crippen molar-refractivity contribution in [2.75, 3.05) is 7.11 Å². The Balaban J connectivity index is 0.000000295. The molecule has 188 valence electrons. The summed E-state index contributed by atoms with van der Waals surface area (Å²) in [5.74, 6) is -0.228. The summed E-state index contributed by atoms with van der Waals surface area (Å²) in [5, 5.41) is 8.47. The van der Waals surface area contributed by atoms with Crippen LogP contribution in [0.1, 0.15) is 64.4 Å². The van der Waals surface area contributed by atoms with Crippen LogP contribution in [0.4, 0.5) is 0 Å². The molecule has 10 heteroatoms. The smallest absolute Gasteiger partial charge is 0.337 e. The number of ether oxygens (including phenoxy) is 1. The number of hydrogen-bond donors (Lipinski definition) is 3. The van der Waals surface area contributed by atoms with Crippen molar-refractivity contribution in [1.82, 2.24) is 4.72 Å². The molecular weight excluding hydrogens is 480 g/mol. The van der Waals surface area contributed by atoms with E-state index in [1.54, 1.807) is 24.3 Å². The number of esters is 1. The van der Waals surface area contributed by atoms with Crippen molar-refractivity contribution in [1.29, 1.82) is 0 Å². The summed E-state index contributed by atoms with van der Waals surface area (Å²) >= 11 is 0. The molecule has 0 atom stereocenters. The Hall–Kier alpha value is -2.46. The Bertz CT molecular complexity index is 1020. The lowest BCUT2D eigenvalue weighted by molar-refractivity contribution is 0.0599. The molecule has 2 aromatic carbocycles. The second-order valence-electron chi connectivity index (χ2n) is 8.14. The zero-order valence-electron chi connectivity index (χ0n) is 19.4. The molecule has 2 aliphatic rings. The summed E-state index contributed by atoms with van der Waals surface area (Å²) in [6.45, 7) is 2.97. The topological polar surface area (TPSA) is 136 Å². The van der Waals surface area contributed by atoms with Crippen LogP contribution in [-0.2, 0) is 27.8 Å². The summed E-state index contributed by atoms with van der Waals surface area (Å²) in [5.41, 5.74) is 7.89. The lowest BCUT2D eigenvalue weighted by Crippen LogP contribution is -2.26. The highest BCUT2D eigenvalue weighted by atomic mass is 35.5. The van der Waals surface area contributed by atoms with Crippen LogP contribution in [0.2, 0.25) is 0 Å². The first-order valence-corrected chi connectivity index (χ1v) is 12.4. The lowest BCUT2D eigenvalue weighted by atomic mass is 10.1. The average molecular weight is 513 g/mol. The van der Waals surface area contributed by atoms with Crippen molar-refractivity contribution in [3.8, 4) is 0 Å². The van der Waals surface area contributed by atoms with E-state index in [2.05, 4.69) is 16.4 Å². The van der Waals surface area contributed by atoms with E-state index in [-0.39, 0.29) is 35.7 Å². The number of benzene rings is 2. The van der Waals surface area contributed by atoms with Crippen LogP contribution in [0.25, 0.3) is 0 Å². The predicted molar refractivity (Wildman–Crippen MR) is 134 cm³/mol. The minimum absolute atomic E-state index is 0. The summed E-state index contributed by atoms with van der Waals surface area (Å²) in [6.07, 6.45) is 4.43. The first-order chi connectivity index (χ1) is 15.7. The van der Waals surface area contributed by atoms with Crippen molar-refractivity contribution in [3.05, 3.63) is 70.8 Å². The van der Waals surface area contributed by atoms with Crippen LogP contribution < -0.4 is 10.5 Å². The van der Waals surface area contributed by atoms with Gasteiger partial charge in [-0.3, -0.25) is 0 Å². The number of aromatic carboxylic acids is 1. The quantitative estimate of drug-likeness (QED) is 0.481. The molecular formula is C24H33ClN2O6S. The second kappa shape index (κ2) is 14.1. The van der Waals surface area contributed by atoms with Crippen molar-refractivity contribution < 1.29 is 27.9 Å². The van der Waals surface area contributed by atoms with E-state index < -0.39 is 16.0 Å². The molecule has 2 aromatic rings. The summed E-state index contributed by atoms with van der Waals surface area (Å²) in [4.78, 5) is 21.6. The van der Waals surface area contributed by atoms with E-state index >= 15 is 0 Å². The highest BCUT2D eigenvalue weighted by molar-refractivity contribution is 7.90. The fraction of sp³-hybridized carbons (Fsp3) is 0.417. The minimum atomic E-state index is -3.18. The highest BCUT2D eigenvalue weighted by Gasteiger charge is 2.35. The van der Waals surface area contributed by atoms with Crippen LogP contribution in [0.5, 0.6) is 0 Å². The zero-order chi connectivity index (χ0) is 24.4. The summed E-state index contributed by atoms with van der Waals surface area (Å²) in [6, 6.07) is 13.2. The number of carbonyl (C=O) groups excluding carboxylic acids is 1. The predicted octanol–water partition coefficient (Wildman–Crippen LogP) is 3.74. The Labute approximate surface area is 207 Å². The number of hydrogen-bond acceptors (Lipinski definition) is 6. The highest BCUT2D eigenvalue weighted by Crippen LogP contribution is 2.27. The van der Waals surface area contributed by atoms with E-state index in [9.17, 15) is 18.0 Å². The van der Waals surface area contributed by atoms with Gasteiger partial charge < -0.3 is 15.6 Å². The number of nitrogens with one attached hydrogen (secondary N) is 1. The van der Waals surface area contributed by atoms with E-state index in [0.717, 1.165) is 29.9 Å². The van der Waals surface area contributed by atoms with Crippen LogP contribution in [-0.4, -0.2) is 37.8 Å². The first kappa shape index (κ1) is 29.6. The number of nitrogens with two attached hydrogens (primary N) is 1. The van der Waals surface area contributed by atoms with Gasteiger partial charge >= 0.3 is 11.9 Å². The molecule has 2 saturated carbocycles. The Morgan fingerprint density at radius 2 is 1.44 bits per heavy atom. The number of sulfonamides is 1. The van der Waals surface area contributed by atoms with Gasteiger partial charge in [0.05, 0.1) is 23.5 Å². The fourth-order valence-electron chi connectivity index (χ4n) is 2.51. The maximum atomic E-state index is 11.5. The van der Waals surface area contributed by atoms with Gasteiger partial charge in [-0.05, 0) is 54.2 Å². The van der Waals surface area contributed by atoms with Crippen LogP contribution >= 0.6 is 12.4 Å². The van der Waals surface area contributed by atoms with Gasteiger partial charge in [0.2, 0.25) is 10.0 Å². The molecule has 2 aliphatic carbocycles. The Morgan fingerprint density at radius 1 is 0.971 bits per heavy atom. The molecule has 0 unspecified atom stereocenters. The fourth-order valence-corrected chi connectivity index (χ4v) is 3.87. The molecule has 8 nitrogen and oxygen atoms in total. The molecule has 0 aliphatic heterocycles. The van der Waals surface area contributed by atoms with Gasteiger partial charge in [0.1, 0.15) is 0 Å².